The first-order chi connectivity index (χ1) is 16.3. The lowest BCUT2D eigenvalue weighted by Crippen LogP contribution is -2.41. The van der Waals surface area contributed by atoms with Crippen molar-refractivity contribution in [3.05, 3.63) is 59.7 Å². The summed E-state index contributed by atoms with van der Waals surface area (Å²) in [4.78, 5) is 35.9. The average molecular weight is 467 g/mol. The Morgan fingerprint density at radius 1 is 0.971 bits per heavy atom. The molecule has 7 nitrogen and oxygen atoms in total. The van der Waals surface area contributed by atoms with Gasteiger partial charge in [-0.3, -0.25) is 9.59 Å². The van der Waals surface area contributed by atoms with E-state index in [9.17, 15) is 14.4 Å². The molecule has 2 aromatic rings. The van der Waals surface area contributed by atoms with Crippen molar-refractivity contribution >= 4 is 18.0 Å². The molecule has 7 heteroatoms. The maximum Gasteiger partial charge on any atom is 0.407 e. The Morgan fingerprint density at radius 3 is 2.09 bits per heavy atom. The zero-order valence-corrected chi connectivity index (χ0v) is 20.0. The molecule has 0 spiro atoms. The van der Waals surface area contributed by atoms with Gasteiger partial charge in [0.2, 0.25) is 5.91 Å². The zero-order chi connectivity index (χ0) is 24.7. The minimum Gasteiger partial charge on any atom is -0.481 e. The second-order valence-corrected chi connectivity index (χ2v) is 9.20. The molecule has 0 bridgehead atoms. The highest BCUT2D eigenvalue weighted by Crippen LogP contribution is 2.44. The standard InChI is InChI=1S/C27H34N2O5/c1-4-18(13-25(30)29-24(17(2)3)14-26(31)32)15-28-27(33)34-16-23-21-11-7-5-9-19(21)20-10-6-8-12-22(20)23/h5-12,17-18,23-24H,4,13-16H2,1-3H3,(H,28,33)(H,29,30)(H,31,32)/t18?,24-/m1/s1. The Labute approximate surface area is 200 Å². The van der Waals surface area contributed by atoms with Crippen LogP contribution in [0.2, 0.25) is 0 Å². The Hall–Kier alpha value is -3.35. The van der Waals surface area contributed by atoms with Crippen molar-refractivity contribution in [2.45, 2.75) is 52.0 Å². The Morgan fingerprint density at radius 2 is 1.56 bits per heavy atom. The van der Waals surface area contributed by atoms with Crippen molar-refractivity contribution in [3.8, 4) is 11.1 Å². The lowest BCUT2D eigenvalue weighted by molar-refractivity contribution is -0.138. The minimum atomic E-state index is -0.942. The summed E-state index contributed by atoms with van der Waals surface area (Å²) in [5, 5.41) is 14.6. The van der Waals surface area contributed by atoms with Gasteiger partial charge in [0.05, 0.1) is 6.42 Å². The van der Waals surface area contributed by atoms with Gasteiger partial charge in [0.1, 0.15) is 6.61 Å². The summed E-state index contributed by atoms with van der Waals surface area (Å²) in [5.41, 5.74) is 4.65. The van der Waals surface area contributed by atoms with Crippen LogP contribution in [0.3, 0.4) is 0 Å². The fraction of sp³-hybridized carbons (Fsp3) is 0.444. The van der Waals surface area contributed by atoms with Crippen molar-refractivity contribution in [1.29, 1.82) is 0 Å². The number of carbonyl (C=O) groups excluding carboxylic acids is 2. The molecule has 3 rings (SSSR count). The Kier molecular flexibility index (Phi) is 8.68. The zero-order valence-electron chi connectivity index (χ0n) is 20.0. The molecule has 0 saturated heterocycles. The highest BCUT2D eigenvalue weighted by molar-refractivity contribution is 5.79. The van der Waals surface area contributed by atoms with Crippen LogP contribution >= 0.6 is 0 Å². The van der Waals surface area contributed by atoms with E-state index < -0.39 is 18.1 Å². The van der Waals surface area contributed by atoms with Crippen LogP contribution in [-0.4, -0.2) is 42.3 Å². The molecule has 0 radical (unpaired) electrons. The van der Waals surface area contributed by atoms with Crippen molar-refractivity contribution < 1.29 is 24.2 Å². The predicted octanol–water partition coefficient (Wildman–Crippen LogP) is 4.56. The van der Waals surface area contributed by atoms with E-state index in [1.54, 1.807) is 0 Å². The van der Waals surface area contributed by atoms with Crippen molar-refractivity contribution in [2.24, 2.45) is 11.8 Å². The molecule has 1 aliphatic rings. The smallest absolute Gasteiger partial charge is 0.407 e. The van der Waals surface area contributed by atoms with E-state index in [4.69, 9.17) is 9.84 Å². The van der Waals surface area contributed by atoms with Gasteiger partial charge >= 0.3 is 12.1 Å². The van der Waals surface area contributed by atoms with Crippen molar-refractivity contribution in [2.75, 3.05) is 13.2 Å². The number of amides is 2. The third-order valence-electron chi connectivity index (χ3n) is 6.48. The monoisotopic (exact) mass is 466 g/mol. The molecular weight excluding hydrogens is 432 g/mol. The number of carboxylic acids is 1. The van der Waals surface area contributed by atoms with Gasteiger partial charge in [-0.1, -0.05) is 75.7 Å². The van der Waals surface area contributed by atoms with Gasteiger partial charge in [-0.25, -0.2) is 4.79 Å². The second-order valence-electron chi connectivity index (χ2n) is 9.20. The number of carbonyl (C=O) groups is 3. The fourth-order valence-electron chi connectivity index (χ4n) is 4.41. The van der Waals surface area contributed by atoms with E-state index >= 15 is 0 Å². The Bertz CT molecular complexity index is 974. The number of alkyl carbamates (subject to hydrolysis) is 1. The number of benzene rings is 2. The maximum absolute atomic E-state index is 12.4. The maximum atomic E-state index is 12.4. The average Bonchev–Trinajstić information content (AvgIpc) is 3.13. The van der Waals surface area contributed by atoms with Gasteiger partial charge in [-0.05, 0) is 34.1 Å². The summed E-state index contributed by atoms with van der Waals surface area (Å²) in [6.07, 6.45) is 0.287. The topological polar surface area (TPSA) is 105 Å². The Balaban J connectivity index is 1.50. The van der Waals surface area contributed by atoms with Gasteiger partial charge < -0.3 is 20.5 Å². The number of nitrogens with one attached hydrogen (secondary N) is 2. The van der Waals surface area contributed by atoms with E-state index in [-0.39, 0.29) is 43.1 Å². The first-order valence-corrected chi connectivity index (χ1v) is 11.9. The molecule has 0 fully saturated rings. The van der Waals surface area contributed by atoms with Gasteiger partial charge in [0, 0.05) is 24.9 Å². The van der Waals surface area contributed by atoms with E-state index in [0.29, 0.717) is 13.0 Å². The molecule has 0 aliphatic heterocycles. The largest absolute Gasteiger partial charge is 0.481 e. The number of aliphatic carboxylic acids is 1. The number of ether oxygens (including phenoxy) is 1. The van der Waals surface area contributed by atoms with Crippen molar-refractivity contribution in [1.82, 2.24) is 10.6 Å². The highest BCUT2D eigenvalue weighted by Gasteiger charge is 2.29. The molecule has 182 valence electrons. The van der Waals surface area contributed by atoms with Crippen LogP contribution in [0.5, 0.6) is 0 Å². The molecule has 3 N–H and O–H groups in total. The number of hydrogen-bond acceptors (Lipinski definition) is 4. The van der Waals surface area contributed by atoms with Crippen LogP contribution in [0.25, 0.3) is 11.1 Å². The first kappa shape index (κ1) is 25.3. The summed E-state index contributed by atoms with van der Waals surface area (Å²) in [6.45, 7) is 6.26. The van der Waals surface area contributed by atoms with Gasteiger partial charge in [0.25, 0.3) is 0 Å². The number of carboxylic acid groups (broad SMARTS) is 1. The van der Waals surface area contributed by atoms with Crippen LogP contribution in [0.1, 0.15) is 57.1 Å². The summed E-state index contributed by atoms with van der Waals surface area (Å²) < 4.78 is 5.56. The molecule has 34 heavy (non-hydrogen) atoms. The second kappa shape index (κ2) is 11.7. The number of hydrogen-bond donors (Lipinski definition) is 3. The molecule has 2 atom stereocenters. The van der Waals surface area contributed by atoms with Gasteiger partial charge in [-0.15, -0.1) is 0 Å². The van der Waals surface area contributed by atoms with Crippen LogP contribution in [0, 0.1) is 11.8 Å². The molecule has 1 aliphatic carbocycles. The third-order valence-corrected chi connectivity index (χ3v) is 6.48. The molecule has 1 unspecified atom stereocenters. The molecule has 2 amide bonds. The van der Waals surface area contributed by atoms with Crippen LogP contribution in [-0.2, 0) is 14.3 Å². The molecule has 0 aromatic heterocycles. The molecule has 0 heterocycles. The SMILES string of the molecule is CCC(CNC(=O)OCC1c2ccccc2-c2ccccc21)CC(=O)N[C@H](CC(=O)O)C(C)C. The third kappa shape index (κ3) is 6.37. The fourth-order valence-corrected chi connectivity index (χ4v) is 4.41. The van der Waals surface area contributed by atoms with Gasteiger partial charge in [-0.2, -0.15) is 0 Å². The lowest BCUT2D eigenvalue weighted by Gasteiger charge is -2.22. The number of rotatable bonds is 11. The predicted molar refractivity (Wildman–Crippen MR) is 130 cm³/mol. The molecule has 0 saturated carbocycles. The summed E-state index contributed by atoms with van der Waals surface area (Å²) in [6, 6.07) is 15.9. The van der Waals surface area contributed by atoms with Crippen LogP contribution < -0.4 is 10.6 Å². The van der Waals surface area contributed by atoms with E-state index in [0.717, 1.165) is 11.1 Å². The van der Waals surface area contributed by atoms with E-state index in [1.807, 2.05) is 45.0 Å². The van der Waals surface area contributed by atoms with Crippen LogP contribution in [0.4, 0.5) is 4.79 Å². The highest BCUT2D eigenvalue weighted by atomic mass is 16.5. The van der Waals surface area contributed by atoms with E-state index in [2.05, 4.69) is 34.9 Å². The van der Waals surface area contributed by atoms with Crippen LogP contribution in [0.15, 0.2) is 48.5 Å². The number of fused-ring (bicyclic) bond motifs is 3. The molecular formula is C27H34N2O5. The molecule has 2 aromatic carbocycles. The summed E-state index contributed by atoms with van der Waals surface area (Å²) >= 11 is 0. The van der Waals surface area contributed by atoms with Crippen molar-refractivity contribution in [3.63, 3.8) is 0 Å². The van der Waals surface area contributed by atoms with E-state index in [1.165, 1.54) is 11.1 Å². The first-order valence-electron chi connectivity index (χ1n) is 11.9. The minimum absolute atomic E-state index is 0.00639. The quantitative estimate of drug-likeness (QED) is 0.450. The summed E-state index contributed by atoms with van der Waals surface area (Å²) in [5.74, 6) is -1.21. The summed E-state index contributed by atoms with van der Waals surface area (Å²) in [7, 11) is 0. The normalized spacial score (nSPS) is 14.1. The van der Waals surface area contributed by atoms with Gasteiger partial charge in [0.15, 0.2) is 0 Å². The lowest BCUT2D eigenvalue weighted by atomic mass is 9.98.